The molecule has 2 aromatic heterocycles. The summed E-state index contributed by atoms with van der Waals surface area (Å²) in [5.41, 5.74) is 1.92. The number of ether oxygens (including phenoxy) is 2. The second-order valence-electron chi connectivity index (χ2n) is 7.38. The first-order valence-electron chi connectivity index (χ1n) is 9.40. The molecule has 0 amide bonds. The zero-order valence-electron chi connectivity index (χ0n) is 15.3. The highest BCUT2D eigenvalue weighted by atomic mass is 16.5. The van der Waals surface area contributed by atoms with E-state index in [1.807, 2.05) is 37.4 Å². The maximum atomic E-state index is 6.13. The Morgan fingerprint density at radius 3 is 3.04 bits per heavy atom. The highest BCUT2D eigenvalue weighted by Gasteiger charge is 2.46. The lowest BCUT2D eigenvalue weighted by Crippen LogP contribution is -2.57. The highest BCUT2D eigenvalue weighted by molar-refractivity contribution is 5.39. The molecule has 2 aliphatic heterocycles. The maximum Gasteiger partial charge on any atom is 0.151 e. The number of aromatic nitrogens is 3. The molecule has 2 saturated heterocycles. The van der Waals surface area contributed by atoms with Crippen LogP contribution in [0.3, 0.4) is 0 Å². The van der Waals surface area contributed by atoms with Crippen molar-refractivity contribution in [1.29, 1.82) is 0 Å². The van der Waals surface area contributed by atoms with Crippen molar-refractivity contribution < 1.29 is 9.47 Å². The molecule has 6 heteroatoms. The van der Waals surface area contributed by atoms with Crippen LogP contribution in [0.1, 0.15) is 30.7 Å². The second-order valence-corrected chi connectivity index (χ2v) is 7.38. The fraction of sp³-hybridized carbons (Fsp3) is 0.550. The van der Waals surface area contributed by atoms with Gasteiger partial charge >= 0.3 is 0 Å². The summed E-state index contributed by atoms with van der Waals surface area (Å²) < 4.78 is 12.3. The zero-order chi connectivity index (χ0) is 17.8. The number of hydrogen-bond acceptors (Lipinski definition) is 6. The van der Waals surface area contributed by atoms with Gasteiger partial charge in [0.05, 0.1) is 30.7 Å². The molecule has 26 heavy (non-hydrogen) atoms. The Hall–Kier alpha value is -2.05. The quantitative estimate of drug-likeness (QED) is 0.823. The summed E-state index contributed by atoms with van der Waals surface area (Å²) in [4.78, 5) is 6.68. The zero-order valence-corrected chi connectivity index (χ0v) is 15.3. The summed E-state index contributed by atoms with van der Waals surface area (Å²) in [5.74, 6) is 0.948. The van der Waals surface area contributed by atoms with Crippen molar-refractivity contribution in [3.05, 3.63) is 47.9 Å². The summed E-state index contributed by atoms with van der Waals surface area (Å²) in [6.45, 7) is 5.90. The minimum Gasteiger partial charge on any atom is -0.377 e. The topological polar surface area (TPSA) is 60.4 Å². The first-order valence-corrected chi connectivity index (χ1v) is 9.40. The average molecular weight is 354 g/mol. The molecule has 0 spiro atoms. The van der Waals surface area contributed by atoms with Gasteiger partial charge in [-0.05, 0) is 50.5 Å². The van der Waals surface area contributed by atoms with Crippen LogP contribution in [0.4, 0.5) is 5.82 Å². The van der Waals surface area contributed by atoms with Crippen molar-refractivity contribution >= 4 is 5.82 Å². The van der Waals surface area contributed by atoms with Crippen molar-refractivity contribution in [2.75, 3.05) is 31.2 Å². The smallest absolute Gasteiger partial charge is 0.151 e. The first-order chi connectivity index (χ1) is 12.8. The van der Waals surface area contributed by atoms with Gasteiger partial charge in [0.15, 0.2) is 5.82 Å². The Kier molecular flexibility index (Phi) is 5.13. The summed E-state index contributed by atoms with van der Waals surface area (Å²) in [6, 6.07) is 10.0. The summed E-state index contributed by atoms with van der Waals surface area (Å²) >= 11 is 0. The highest BCUT2D eigenvalue weighted by Crippen LogP contribution is 2.41. The van der Waals surface area contributed by atoms with Crippen molar-refractivity contribution in [2.24, 2.45) is 5.41 Å². The van der Waals surface area contributed by atoms with Gasteiger partial charge in [-0.2, -0.15) is 5.10 Å². The molecule has 0 unspecified atom stereocenters. The Bertz CT molecular complexity index is 710. The van der Waals surface area contributed by atoms with E-state index in [1.54, 1.807) is 0 Å². The monoisotopic (exact) mass is 354 g/mol. The van der Waals surface area contributed by atoms with Gasteiger partial charge in [-0.15, -0.1) is 5.10 Å². The van der Waals surface area contributed by atoms with E-state index in [-0.39, 0.29) is 11.5 Å². The van der Waals surface area contributed by atoms with Gasteiger partial charge in [0, 0.05) is 31.3 Å². The average Bonchev–Trinajstić information content (AvgIpc) is 2.69. The van der Waals surface area contributed by atoms with Crippen LogP contribution in [0.25, 0.3) is 0 Å². The molecule has 2 atom stereocenters. The minimum absolute atomic E-state index is 0.0118. The SMILES string of the molecule is Cc1ccc(N2CC[C@H]3OCCC[C@]3(COCc3ccccn3)C2)nn1. The molecular formula is C20H26N4O2. The maximum absolute atomic E-state index is 6.13. The predicted molar refractivity (Wildman–Crippen MR) is 98.9 cm³/mol. The third kappa shape index (κ3) is 3.71. The number of hydrogen-bond donors (Lipinski definition) is 0. The van der Waals surface area contributed by atoms with Crippen molar-refractivity contribution in [2.45, 2.75) is 38.9 Å². The molecule has 4 rings (SSSR count). The second kappa shape index (κ2) is 7.68. The van der Waals surface area contributed by atoms with E-state index in [2.05, 4.69) is 26.1 Å². The van der Waals surface area contributed by atoms with Gasteiger partial charge in [-0.1, -0.05) is 6.07 Å². The van der Waals surface area contributed by atoms with Gasteiger partial charge < -0.3 is 14.4 Å². The van der Waals surface area contributed by atoms with E-state index in [0.717, 1.165) is 56.2 Å². The molecule has 0 radical (unpaired) electrons. The van der Waals surface area contributed by atoms with Crippen LogP contribution in [0.2, 0.25) is 0 Å². The third-order valence-corrected chi connectivity index (χ3v) is 5.46. The lowest BCUT2D eigenvalue weighted by Gasteiger charge is -2.50. The van der Waals surface area contributed by atoms with Crippen LogP contribution < -0.4 is 4.90 Å². The number of anilines is 1. The summed E-state index contributed by atoms with van der Waals surface area (Å²) in [7, 11) is 0. The number of fused-ring (bicyclic) bond motifs is 1. The molecule has 2 aliphatic rings. The minimum atomic E-state index is 0.0118. The van der Waals surface area contributed by atoms with E-state index in [4.69, 9.17) is 9.47 Å². The molecule has 2 aromatic rings. The predicted octanol–water partition coefficient (Wildman–Crippen LogP) is 2.77. The van der Waals surface area contributed by atoms with E-state index in [9.17, 15) is 0 Å². The summed E-state index contributed by atoms with van der Waals surface area (Å²) in [5, 5.41) is 8.60. The summed E-state index contributed by atoms with van der Waals surface area (Å²) in [6.07, 6.45) is 5.27. The Morgan fingerprint density at radius 1 is 1.27 bits per heavy atom. The molecule has 138 valence electrons. The number of rotatable bonds is 5. The van der Waals surface area contributed by atoms with Gasteiger partial charge in [-0.25, -0.2) is 0 Å². The normalized spacial score (nSPS) is 25.7. The fourth-order valence-corrected chi connectivity index (χ4v) is 4.10. The molecule has 6 nitrogen and oxygen atoms in total. The lowest BCUT2D eigenvalue weighted by molar-refractivity contribution is -0.127. The number of pyridine rings is 1. The molecule has 4 heterocycles. The molecule has 0 aromatic carbocycles. The molecular weight excluding hydrogens is 328 g/mol. The fourth-order valence-electron chi connectivity index (χ4n) is 4.10. The first kappa shape index (κ1) is 17.4. The van der Waals surface area contributed by atoms with E-state index in [1.165, 1.54) is 0 Å². The van der Waals surface area contributed by atoms with E-state index >= 15 is 0 Å². The number of nitrogens with zero attached hydrogens (tertiary/aromatic N) is 4. The molecule has 0 aliphatic carbocycles. The molecule has 0 bridgehead atoms. The number of piperidine rings is 1. The van der Waals surface area contributed by atoms with Crippen LogP contribution in [-0.2, 0) is 16.1 Å². The third-order valence-electron chi connectivity index (χ3n) is 5.46. The van der Waals surface area contributed by atoms with Crippen LogP contribution in [0.5, 0.6) is 0 Å². The van der Waals surface area contributed by atoms with Crippen molar-refractivity contribution in [3.8, 4) is 0 Å². The van der Waals surface area contributed by atoms with Gasteiger partial charge in [0.2, 0.25) is 0 Å². The Labute approximate surface area is 154 Å². The van der Waals surface area contributed by atoms with Gasteiger partial charge in [0.1, 0.15) is 0 Å². The van der Waals surface area contributed by atoms with Crippen LogP contribution in [0, 0.1) is 12.3 Å². The molecule has 2 fully saturated rings. The van der Waals surface area contributed by atoms with E-state index in [0.29, 0.717) is 13.2 Å². The number of aryl methyl sites for hydroxylation is 1. The van der Waals surface area contributed by atoms with Gasteiger partial charge in [-0.3, -0.25) is 4.98 Å². The standard InChI is InChI=1S/C20H26N4O2/c1-16-6-7-19(23-22-16)24-11-8-18-20(14-24,9-4-12-26-18)15-25-13-17-5-2-3-10-21-17/h2-3,5-7,10,18H,4,8-9,11-15H2,1H3/t18-,20-/m1/s1. The van der Waals surface area contributed by atoms with Crippen molar-refractivity contribution in [1.82, 2.24) is 15.2 Å². The largest absolute Gasteiger partial charge is 0.377 e. The van der Waals surface area contributed by atoms with E-state index < -0.39 is 0 Å². The molecule has 0 N–H and O–H groups in total. The van der Waals surface area contributed by atoms with Crippen LogP contribution >= 0.6 is 0 Å². The Balaban J connectivity index is 1.46. The molecule has 0 saturated carbocycles. The van der Waals surface area contributed by atoms with Crippen LogP contribution in [-0.4, -0.2) is 47.6 Å². The van der Waals surface area contributed by atoms with Gasteiger partial charge in [0.25, 0.3) is 0 Å². The lowest BCUT2D eigenvalue weighted by atomic mass is 9.73. The van der Waals surface area contributed by atoms with Crippen molar-refractivity contribution in [3.63, 3.8) is 0 Å². The Morgan fingerprint density at radius 2 is 2.23 bits per heavy atom. The van der Waals surface area contributed by atoms with Crippen LogP contribution in [0.15, 0.2) is 36.5 Å².